The average Bonchev–Trinajstić information content (AvgIpc) is 2.58. The lowest BCUT2D eigenvalue weighted by molar-refractivity contribution is 0.669. The highest BCUT2D eigenvalue weighted by molar-refractivity contribution is 5.32. The molecule has 0 saturated heterocycles. The molecular weight excluding hydrogens is 158 g/mol. The Morgan fingerprint density at radius 3 is 3.00 bits per heavy atom. The Morgan fingerprint density at radius 2 is 2.15 bits per heavy atom. The summed E-state index contributed by atoms with van der Waals surface area (Å²) in [6.45, 7) is 2.26. The van der Waals surface area contributed by atoms with Gasteiger partial charge in [0.1, 0.15) is 0 Å². The lowest BCUT2D eigenvalue weighted by Gasteiger charge is -2.12. The molecular formula is C12H19N. The molecule has 1 aliphatic carbocycles. The van der Waals surface area contributed by atoms with Gasteiger partial charge in [-0.3, -0.25) is 0 Å². The van der Waals surface area contributed by atoms with Crippen LogP contribution in [0.15, 0.2) is 6.20 Å². The van der Waals surface area contributed by atoms with Gasteiger partial charge in [0.2, 0.25) is 0 Å². The summed E-state index contributed by atoms with van der Waals surface area (Å²) >= 11 is 0. The molecule has 0 saturated carbocycles. The molecule has 13 heavy (non-hydrogen) atoms. The second kappa shape index (κ2) is 3.99. The quantitative estimate of drug-likeness (QED) is 0.729. The van der Waals surface area contributed by atoms with Crippen molar-refractivity contribution >= 4 is 0 Å². The molecule has 72 valence electrons. The molecule has 0 aromatic carbocycles. The molecule has 1 aromatic heterocycles. The van der Waals surface area contributed by atoms with Crippen LogP contribution in [0.4, 0.5) is 0 Å². The number of nitrogens with one attached hydrogen (secondary N) is 1. The molecule has 0 fully saturated rings. The number of rotatable bonds is 3. The van der Waals surface area contributed by atoms with Crippen LogP contribution in [0.25, 0.3) is 0 Å². The predicted molar refractivity (Wildman–Crippen MR) is 56.0 cm³/mol. The van der Waals surface area contributed by atoms with Gasteiger partial charge in [-0.2, -0.15) is 0 Å². The van der Waals surface area contributed by atoms with E-state index in [4.69, 9.17) is 0 Å². The van der Waals surface area contributed by atoms with Crippen LogP contribution in [0.1, 0.15) is 49.4 Å². The third-order valence-electron chi connectivity index (χ3n) is 3.08. The molecule has 0 unspecified atom stereocenters. The summed E-state index contributed by atoms with van der Waals surface area (Å²) in [5.41, 5.74) is 4.77. The van der Waals surface area contributed by atoms with E-state index in [-0.39, 0.29) is 0 Å². The van der Waals surface area contributed by atoms with E-state index >= 15 is 0 Å². The number of aryl methyl sites for hydroxylation is 2. The molecule has 1 heteroatoms. The maximum absolute atomic E-state index is 3.44. The monoisotopic (exact) mass is 177 g/mol. The van der Waals surface area contributed by atoms with Crippen LogP contribution in [0.2, 0.25) is 0 Å². The number of hydrogen-bond acceptors (Lipinski definition) is 0. The van der Waals surface area contributed by atoms with Gasteiger partial charge >= 0.3 is 0 Å². The maximum atomic E-state index is 3.44. The van der Waals surface area contributed by atoms with Crippen molar-refractivity contribution in [1.29, 1.82) is 0 Å². The van der Waals surface area contributed by atoms with Crippen molar-refractivity contribution in [3.05, 3.63) is 23.0 Å². The van der Waals surface area contributed by atoms with Crippen molar-refractivity contribution < 1.29 is 0 Å². The molecule has 0 aliphatic heterocycles. The van der Waals surface area contributed by atoms with Gasteiger partial charge in [0.25, 0.3) is 0 Å². The van der Waals surface area contributed by atoms with Crippen molar-refractivity contribution in [2.24, 2.45) is 0 Å². The summed E-state index contributed by atoms with van der Waals surface area (Å²) in [6, 6.07) is 0. The number of H-pyrrole nitrogens is 1. The Hall–Kier alpha value is -0.720. The normalized spacial score (nSPS) is 15.8. The van der Waals surface area contributed by atoms with Gasteiger partial charge < -0.3 is 4.98 Å². The van der Waals surface area contributed by atoms with Crippen LogP contribution in [0.5, 0.6) is 0 Å². The minimum atomic E-state index is 1.28. The van der Waals surface area contributed by atoms with E-state index in [0.717, 1.165) is 0 Å². The zero-order valence-electron chi connectivity index (χ0n) is 8.53. The van der Waals surface area contributed by atoms with E-state index in [9.17, 15) is 0 Å². The van der Waals surface area contributed by atoms with Crippen LogP contribution in [-0.4, -0.2) is 4.98 Å². The molecule has 1 aliphatic rings. The highest BCUT2D eigenvalue weighted by atomic mass is 14.7. The lowest BCUT2D eigenvalue weighted by atomic mass is 9.93. The molecule has 1 nitrogen and oxygen atoms in total. The molecule has 0 radical (unpaired) electrons. The second-order valence-electron chi connectivity index (χ2n) is 4.08. The summed E-state index contributed by atoms with van der Waals surface area (Å²) in [5.74, 6) is 0. The van der Waals surface area contributed by atoms with Crippen LogP contribution in [0, 0.1) is 0 Å². The fourth-order valence-corrected chi connectivity index (χ4v) is 2.27. The third-order valence-corrected chi connectivity index (χ3v) is 3.08. The van der Waals surface area contributed by atoms with E-state index in [1.165, 1.54) is 50.6 Å². The van der Waals surface area contributed by atoms with Gasteiger partial charge in [0.15, 0.2) is 0 Å². The zero-order valence-corrected chi connectivity index (χ0v) is 8.53. The van der Waals surface area contributed by atoms with Crippen molar-refractivity contribution in [3.63, 3.8) is 0 Å². The Labute approximate surface area is 80.6 Å². The van der Waals surface area contributed by atoms with E-state index in [2.05, 4.69) is 18.1 Å². The topological polar surface area (TPSA) is 15.8 Å². The van der Waals surface area contributed by atoms with E-state index in [1.807, 2.05) is 0 Å². The minimum absolute atomic E-state index is 1.28. The highest BCUT2D eigenvalue weighted by Crippen LogP contribution is 2.24. The van der Waals surface area contributed by atoms with Gasteiger partial charge in [0, 0.05) is 11.9 Å². The van der Waals surface area contributed by atoms with Crippen molar-refractivity contribution in [2.75, 3.05) is 0 Å². The molecule has 0 spiro atoms. The second-order valence-corrected chi connectivity index (χ2v) is 4.08. The van der Waals surface area contributed by atoms with Crippen LogP contribution < -0.4 is 0 Å². The number of aromatic amines is 1. The van der Waals surface area contributed by atoms with Gasteiger partial charge in [-0.05, 0) is 49.7 Å². The first kappa shape index (κ1) is 8.86. The van der Waals surface area contributed by atoms with E-state index in [1.54, 1.807) is 11.1 Å². The Kier molecular flexibility index (Phi) is 2.72. The predicted octanol–water partition coefficient (Wildman–Crippen LogP) is 3.24. The highest BCUT2D eigenvalue weighted by Gasteiger charge is 2.13. The number of aromatic nitrogens is 1. The minimum Gasteiger partial charge on any atom is -0.364 e. The fraction of sp³-hybridized carbons (Fsp3) is 0.667. The summed E-state index contributed by atoms with van der Waals surface area (Å²) in [7, 11) is 0. The van der Waals surface area contributed by atoms with Gasteiger partial charge in [-0.25, -0.2) is 0 Å². The third kappa shape index (κ3) is 1.79. The van der Waals surface area contributed by atoms with Gasteiger partial charge in [-0.15, -0.1) is 0 Å². The fourth-order valence-electron chi connectivity index (χ4n) is 2.27. The van der Waals surface area contributed by atoms with Gasteiger partial charge in [0.05, 0.1) is 0 Å². The SMILES string of the molecule is CCCCc1c[nH]c2c1CCCC2. The molecule has 0 atom stereocenters. The summed E-state index contributed by atoms with van der Waals surface area (Å²) in [6.07, 6.45) is 11.5. The van der Waals surface area contributed by atoms with Crippen molar-refractivity contribution in [1.82, 2.24) is 4.98 Å². The molecule has 1 N–H and O–H groups in total. The largest absolute Gasteiger partial charge is 0.364 e. The van der Waals surface area contributed by atoms with Crippen LogP contribution >= 0.6 is 0 Å². The van der Waals surface area contributed by atoms with Crippen molar-refractivity contribution in [3.8, 4) is 0 Å². The number of unbranched alkanes of at least 4 members (excludes halogenated alkanes) is 1. The Balaban J connectivity index is 2.12. The lowest BCUT2D eigenvalue weighted by Crippen LogP contribution is -2.02. The number of hydrogen-bond donors (Lipinski definition) is 1. The summed E-state index contributed by atoms with van der Waals surface area (Å²) in [5, 5.41) is 0. The molecule has 2 rings (SSSR count). The Morgan fingerprint density at radius 1 is 1.31 bits per heavy atom. The van der Waals surface area contributed by atoms with Crippen LogP contribution in [-0.2, 0) is 19.3 Å². The maximum Gasteiger partial charge on any atom is 0.0182 e. The smallest absolute Gasteiger partial charge is 0.0182 e. The molecule has 1 aromatic rings. The van der Waals surface area contributed by atoms with E-state index < -0.39 is 0 Å². The first-order valence-corrected chi connectivity index (χ1v) is 5.60. The molecule has 0 amide bonds. The summed E-state index contributed by atoms with van der Waals surface area (Å²) < 4.78 is 0. The van der Waals surface area contributed by atoms with E-state index in [0.29, 0.717) is 0 Å². The van der Waals surface area contributed by atoms with Crippen molar-refractivity contribution in [2.45, 2.75) is 51.9 Å². The zero-order chi connectivity index (χ0) is 9.10. The van der Waals surface area contributed by atoms with Crippen LogP contribution in [0.3, 0.4) is 0 Å². The molecule has 1 heterocycles. The summed E-state index contributed by atoms with van der Waals surface area (Å²) in [4.78, 5) is 3.44. The average molecular weight is 177 g/mol. The standard InChI is InChI=1S/C12H19N/c1-2-3-6-10-9-13-12-8-5-4-7-11(10)12/h9,13H,2-8H2,1H3. The molecule has 0 bridgehead atoms. The number of fused-ring (bicyclic) bond motifs is 1. The van der Waals surface area contributed by atoms with Gasteiger partial charge in [-0.1, -0.05) is 13.3 Å². The first-order valence-electron chi connectivity index (χ1n) is 5.60. The Bertz CT molecular complexity index is 273. The first-order chi connectivity index (χ1) is 6.42.